The van der Waals surface area contributed by atoms with Crippen LogP contribution in [0.4, 0.5) is 9.59 Å². The van der Waals surface area contributed by atoms with Crippen molar-refractivity contribution in [3.63, 3.8) is 0 Å². The van der Waals surface area contributed by atoms with Gasteiger partial charge in [0.15, 0.2) is 0 Å². The van der Waals surface area contributed by atoms with E-state index >= 15 is 0 Å². The van der Waals surface area contributed by atoms with Crippen molar-refractivity contribution < 1.29 is 43.0 Å². The second-order valence-electron chi connectivity index (χ2n) is 16.6. The highest BCUT2D eigenvalue weighted by Gasteiger charge is 2.47. The third-order valence-corrected chi connectivity index (χ3v) is 8.85. The number of carbonyl (C=O) groups excluding carboxylic acids is 7. The molecule has 16 heteroatoms. The van der Waals surface area contributed by atoms with Crippen LogP contribution in [0.15, 0.2) is 30.3 Å². The van der Waals surface area contributed by atoms with E-state index in [9.17, 15) is 33.6 Å². The molecule has 2 saturated heterocycles. The van der Waals surface area contributed by atoms with Crippen molar-refractivity contribution in [2.45, 2.75) is 104 Å². The largest absolute Gasteiger partial charge is 0.444 e. The Morgan fingerprint density at radius 2 is 1.20 bits per heavy atom. The van der Waals surface area contributed by atoms with Crippen molar-refractivity contribution in [2.75, 3.05) is 45.8 Å². The first-order valence-corrected chi connectivity index (χ1v) is 18.5. The van der Waals surface area contributed by atoms with E-state index in [1.807, 2.05) is 44.2 Å². The molecule has 0 saturated carbocycles. The zero-order valence-electron chi connectivity index (χ0n) is 33.0. The maximum Gasteiger partial charge on any atom is 0.408 e. The third-order valence-electron chi connectivity index (χ3n) is 8.85. The molecule has 7 amide bonds. The number of alkyl carbamates (subject to hydrolysis) is 2. The van der Waals surface area contributed by atoms with E-state index in [4.69, 9.17) is 9.47 Å². The number of hydrogen-bond donors (Lipinski definition) is 5. The van der Waals surface area contributed by atoms with Crippen molar-refractivity contribution in [3.8, 4) is 0 Å². The summed E-state index contributed by atoms with van der Waals surface area (Å²) < 4.78 is 10.5. The van der Waals surface area contributed by atoms with Crippen molar-refractivity contribution in [1.29, 1.82) is 0 Å². The lowest BCUT2D eigenvalue weighted by Gasteiger charge is -2.54. The second kappa shape index (κ2) is 18.9. The Kier molecular flexibility index (Phi) is 15.3. The van der Waals surface area contributed by atoms with E-state index in [-0.39, 0.29) is 42.7 Å². The molecule has 3 rings (SSSR count). The molecule has 0 aliphatic carbocycles. The Bertz CT molecular complexity index is 1490. The van der Waals surface area contributed by atoms with Gasteiger partial charge in [-0.2, -0.15) is 0 Å². The normalized spacial score (nSPS) is 16.3. The van der Waals surface area contributed by atoms with Crippen LogP contribution in [0.2, 0.25) is 0 Å². The van der Waals surface area contributed by atoms with E-state index in [0.717, 1.165) is 5.56 Å². The minimum atomic E-state index is -1.03. The Hall–Kier alpha value is -4.89. The lowest BCUT2D eigenvalue weighted by atomic mass is 9.72. The summed E-state index contributed by atoms with van der Waals surface area (Å²) in [5.41, 5.74) is -0.735. The molecule has 2 atom stereocenters. The van der Waals surface area contributed by atoms with Gasteiger partial charge in [0.1, 0.15) is 29.8 Å². The summed E-state index contributed by atoms with van der Waals surface area (Å²) in [6.07, 6.45) is 0.436. The quantitative estimate of drug-likeness (QED) is 0.188. The van der Waals surface area contributed by atoms with Gasteiger partial charge in [0.25, 0.3) is 0 Å². The number of ether oxygens (including phenoxy) is 2. The lowest BCUT2D eigenvalue weighted by Crippen LogP contribution is -2.63. The molecule has 5 N–H and O–H groups in total. The van der Waals surface area contributed by atoms with Gasteiger partial charge in [0.05, 0.1) is 13.1 Å². The van der Waals surface area contributed by atoms with Gasteiger partial charge in [-0.1, -0.05) is 44.2 Å². The molecule has 0 bridgehead atoms. The van der Waals surface area contributed by atoms with Crippen LogP contribution in [-0.2, 0) is 39.9 Å². The average molecular weight is 758 g/mol. The number of piperidine rings is 1. The van der Waals surface area contributed by atoms with Gasteiger partial charge in [-0.25, -0.2) is 9.59 Å². The van der Waals surface area contributed by atoms with Crippen molar-refractivity contribution >= 4 is 41.7 Å². The molecule has 1 aromatic carbocycles. The van der Waals surface area contributed by atoms with Gasteiger partial charge in [-0.05, 0) is 72.3 Å². The number of likely N-dealkylation sites (tertiary alicyclic amines) is 2. The number of benzene rings is 1. The minimum absolute atomic E-state index is 0.0277. The van der Waals surface area contributed by atoms with E-state index < -0.39 is 59.7 Å². The molecule has 16 nitrogen and oxygen atoms in total. The summed E-state index contributed by atoms with van der Waals surface area (Å²) in [6, 6.07) is 7.10. The SMILES string of the molecule is CC(C)CC(NC(=O)CNC(=O)C(Cc1ccccc1)NC(=O)OC(C)(C)C)C(=O)NCC(=O)N1CCC2(CC1)CN(C(=O)CNC(=O)OC(C)(C)C)C2. The topological polar surface area (TPSA) is 205 Å². The van der Waals surface area contributed by atoms with E-state index in [1.165, 1.54) is 0 Å². The number of nitrogens with zero attached hydrogens (tertiary/aromatic N) is 2. The summed E-state index contributed by atoms with van der Waals surface area (Å²) >= 11 is 0. The number of carbonyl (C=O) groups is 7. The van der Waals surface area contributed by atoms with Gasteiger partial charge in [0.2, 0.25) is 29.5 Å². The molecule has 1 aromatic rings. The highest BCUT2D eigenvalue weighted by Crippen LogP contribution is 2.40. The van der Waals surface area contributed by atoms with Crippen LogP contribution >= 0.6 is 0 Å². The molecule has 0 aromatic heterocycles. The highest BCUT2D eigenvalue weighted by atomic mass is 16.6. The predicted octanol–water partition coefficient (Wildman–Crippen LogP) is 1.86. The molecule has 2 aliphatic heterocycles. The molecule has 2 heterocycles. The molecule has 0 radical (unpaired) electrons. The van der Waals surface area contributed by atoms with Crippen LogP contribution in [0.5, 0.6) is 0 Å². The first-order valence-electron chi connectivity index (χ1n) is 18.5. The smallest absolute Gasteiger partial charge is 0.408 e. The number of rotatable bonds is 14. The van der Waals surface area contributed by atoms with E-state index in [0.29, 0.717) is 45.4 Å². The summed E-state index contributed by atoms with van der Waals surface area (Å²) in [4.78, 5) is 92.6. The molecular formula is C38H59N7O9. The molecule has 2 aliphatic rings. The van der Waals surface area contributed by atoms with E-state index in [2.05, 4.69) is 26.6 Å². The summed E-state index contributed by atoms with van der Waals surface area (Å²) in [5.74, 6) is -2.15. The van der Waals surface area contributed by atoms with Gasteiger partial charge >= 0.3 is 12.2 Å². The standard InChI is InChI=1S/C38H59N7O9/c1-25(2)18-27(42-29(46)20-39-33(50)28(19-26-12-10-9-11-13-26)43-35(52)54-37(6,7)8)32(49)40-21-30(47)44-16-14-38(15-17-44)23-45(24-38)31(48)22-41-34(51)53-36(3,4)5/h9-13,25,27-28H,14-24H2,1-8H3,(H,39,50)(H,40,49)(H,41,51)(H,42,46)(H,43,52). The average Bonchev–Trinajstić information content (AvgIpc) is 3.05. The van der Waals surface area contributed by atoms with Crippen LogP contribution in [0.1, 0.15) is 80.2 Å². The first kappa shape index (κ1) is 43.5. The highest BCUT2D eigenvalue weighted by molar-refractivity contribution is 5.93. The van der Waals surface area contributed by atoms with Crippen molar-refractivity contribution in [1.82, 2.24) is 36.4 Å². The molecule has 1 spiro atoms. The fraction of sp³-hybridized carbons (Fsp3) is 0.658. The maximum atomic E-state index is 13.2. The third kappa shape index (κ3) is 14.9. The van der Waals surface area contributed by atoms with Gasteiger partial charge < -0.3 is 45.9 Å². The summed E-state index contributed by atoms with van der Waals surface area (Å²) in [7, 11) is 0. The van der Waals surface area contributed by atoms with Crippen LogP contribution in [0.25, 0.3) is 0 Å². The molecule has 2 unspecified atom stereocenters. The van der Waals surface area contributed by atoms with Crippen molar-refractivity contribution in [3.05, 3.63) is 35.9 Å². The van der Waals surface area contributed by atoms with Crippen molar-refractivity contribution in [2.24, 2.45) is 11.3 Å². The van der Waals surface area contributed by atoms with Crippen LogP contribution in [-0.4, -0.2) is 121 Å². The van der Waals surface area contributed by atoms with Gasteiger partial charge in [-0.15, -0.1) is 0 Å². The zero-order chi connectivity index (χ0) is 40.3. The fourth-order valence-corrected chi connectivity index (χ4v) is 6.21. The Labute approximate surface area is 318 Å². The maximum absolute atomic E-state index is 13.2. The van der Waals surface area contributed by atoms with Gasteiger partial charge in [0, 0.05) is 38.0 Å². The fourth-order valence-electron chi connectivity index (χ4n) is 6.21. The second-order valence-corrected chi connectivity index (χ2v) is 16.6. The van der Waals surface area contributed by atoms with Crippen LogP contribution in [0, 0.1) is 11.3 Å². The first-order chi connectivity index (χ1) is 25.1. The Morgan fingerprint density at radius 3 is 1.78 bits per heavy atom. The van der Waals surface area contributed by atoms with E-state index in [1.54, 1.807) is 51.3 Å². The van der Waals surface area contributed by atoms with Crippen LogP contribution in [0.3, 0.4) is 0 Å². The zero-order valence-corrected chi connectivity index (χ0v) is 33.0. The number of amides is 7. The Balaban J connectivity index is 1.44. The molecule has 300 valence electrons. The summed E-state index contributed by atoms with van der Waals surface area (Å²) in [6.45, 7) is 15.4. The Morgan fingerprint density at radius 1 is 0.685 bits per heavy atom. The molecule has 2 fully saturated rings. The van der Waals surface area contributed by atoms with Gasteiger partial charge in [-0.3, -0.25) is 24.0 Å². The van der Waals surface area contributed by atoms with Crippen LogP contribution < -0.4 is 26.6 Å². The monoisotopic (exact) mass is 757 g/mol. The predicted molar refractivity (Wildman–Crippen MR) is 200 cm³/mol. The number of nitrogens with one attached hydrogen (secondary N) is 5. The minimum Gasteiger partial charge on any atom is -0.444 e. The summed E-state index contributed by atoms with van der Waals surface area (Å²) in [5, 5.41) is 12.9. The lowest BCUT2D eigenvalue weighted by molar-refractivity contribution is -0.149. The molecular weight excluding hydrogens is 698 g/mol. The number of hydrogen-bond acceptors (Lipinski definition) is 9. The molecule has 54 heavy (non-hydrogen) atoms.